The number of nitrogens with zero attached hydrogens (tertiary/aromatic N) is 1. The van der Waals surface area contributed by atoms with Crippen LogP contribution in [0.2, 0.25) is 5.02 Å². The number of anilines is 1. The largest absolute Gasteiger partial charge is 0.484 e. The second-order valence-corrected chi connectivity index (χ2v) is 7.21. The van der Waals surface area contributed by atoms with Crippen LogP contribution in [0.25, 0.3) is 0 Å². The Morgan fingerprint density at radius 2 is 1.90 bits per heavy atom. The Kier molecular flexibility index (Phi) is 9.02. The number of hydrazone groups is 1. The molecule has 0 aliphatic carbocycles. The number of amides is 3. The van der Waals surface area contributed by atoms with Gasteiger partial charge in [0.2, 0.25) is 0 Å². The van der Waals surface area contributed by atoms with Crippen molar-refractivity contribution < 1.29 is 19.1 Å². The number of carbonyl (C=O) groups excluding carboxylic acids is 3. The summed E-state index contributed by atoms with van der Waals surface area (Å²) in [6.07, 6.45) is 2.09. The highest BCUT2D eigenvalue weighted by molar-refractivity contribution is 6.35. The second-order valence-electron chi connectivity index (χ2n) is 6.80. The molecule has 0 aliphatic heterocycles. The third-order valence-electron chi connectivity index (χ3n) is 4.35. The summed E-state index contributed by atoms with van der Waals surface area (Å²) in [6.45, 7) is 5.32. The summed E-state index contributed by atoms with van der Waals surface area (Å²) in [5, 5.41) is 9.64. The van der Waals surface area contributed by atoms with Crippen LogP contribution in [0.3, 0.4) is 0 Å². The van der Waals surface area contributed by atoms with Crippen LogP contribution in [0.4, 0.5) is 5.69 Å². The van der Waals surface area contributed by atoms with E-state index in [-0.39, 0.29) is 18.6 Å². The highest BCUT2D eigenvalue weighted by Crippen LogP contribution is 2.22. The molecule has 0 aliphatic rings. The maximum atomic E-state index is 12.2. The zero-order chi connectivity index (χ0) is 22.8. The van der Waals surface area contributed by atoms with Gasteiger partial charge in [-0.05, 0) is 55.7 Å². The van der Waals surface area contributed by atoms with Crippen molar-refractivity contribution in [1.82, 2.24) is 10.7 Å². The maximum Gasteiger partial charge on any atom is 0.329 e. The molecule has 0 saturated heterocycles. The van der Waals surface area contributed by atoms with Crippen LogP contribution in [0.15, 0.2) is 47.6 Å². The van der Waals surface area contributed by atoms with Crippen molar-refractivity contribution in [3.8, 4) is 5.75 Å². The molecule has 0 radical (unpaired) electrons. The van der Waals surface area contributed by atoms with E-state index in [1.807, 2.05) is 13.8 Å². The fourth-order valence-electron chi connectivity index (χ4n) is 2.37. The zero-order valence-electron chi connectivity index (χ0n) is 17.6. The molecule has 2 rings (SSSR count). The number of nitrogens with one attached hydrogen (secondary N) is 3. The Morgan fingerprint density at radius 1 is 1.16 bits per heavy atom. The van der Waals surface area contributed by atoms with Gasteiger partial charge in [-0.25, -0.2) is 5.43 Å². The Labute approximate surface area is 186 Å². The Balaban J connectivity index is 1.86. The van der Waals surface area contributed by atoms with Gasteiger partial charge in [0.15, 0.2) is 6.61 Å². The van der Waals surface area contributed by atoms with Crippen molar-refractivity contribution in [2.75, 3.05) is 11.9 Å². The molecule has 0 fully saturated rings. The number of hydrogen-bond acceptors (Lipinski definition) is 5. The topological polar surface area (TPSA) is 109 Å². The molecule has 164 valence electrons. The minimum atomic E-state index is -0.850. The van der Waals surface area contributed by atoms with Crippen molar-refractivity contribution in [3.05, 3.63) is 58.6 Å². The summed E-state index contributed by atoms with van der Waals surface area (Å²) >= 11 is 6.05. The molecule has 0 saturated carbocycles. The van der Waals surface area contributed by atoms with Crippen molar-refractivity contribution in [1.29, 1.82) is 0 Å². The quantitative estimate of drug-likeness (QED) is 0.330. The molecule has 0 aromatic heterocycles. The SMILES string of the molecule is CC[C@@H](C)NC(=O)C(=O)N/N=C\c1cccc(OCC(=O)Nc2cccc(Cl)c2C)c1. The number of hydrogen-bond donors (Lipinski definition) is 3. The van der Waals surface area contributed by atoms with Gasteiger partial charge in [-0.3, -0.25) is 14.4 Å². The van der Waals surface area contributed by atoms with E-state index in [1.54, 1.807) is 49.4 Å². The van der Waals surface area contributed by atoms with Gasteiger partial charge >= 0.3 is 11.8 Å². The molecule has 9 heteroatoms. The highest BCUT2D eigenvalue weighted by Gasteiger charge is 2.14. The van der Waals surface area contributed by atoms with E-state index in [1.165, 1.54) is 6.21 Å². The first kappa shape index (κ1) is 23.9. The molecule has 1 atom stereocenters. The number of ether oxygens (including phenoxy) is 1. The van der Waals surface area contributed by atoms with Crippen LogP contribution in [0.1, 0.15) is 31.4 Å². The summed E-state index contributed by atoms with van der Waals surface area (Å²) in [5.74, 6) is -1.48. The van der Waals surface area contributed by atoms with Crippen molar-refractivity contribution in [2.24, 2.45) is 5.10 Å². The second kappa shape index (κ2) is 11.7. The number of rotatable bonds is 8. The van der Waals surface area contributed by atoms with Crippen molar-refractivity contribution in [2.45, 2.75) is 33.2 Å². The lowest BCUT2D eigenvalue weighted by molar-refractivity contribution is -0.139. The Morgan fingerprint density at radius 3 is 2.65 bits per heavy atom. The Hall–Kier alpha value is -3.39. The predicted octanol–water partition coefficient (Wildman–Crippen LogP) is 3.03. The first-order valence-electron chi connectivity index (χ1n) is 9.71. The molecule has 31 heavy (non-hydrogen) atoms. The molecule has 3 amide bonds. The van der Waals surface area contributed by atoms with Crippen molar-refractivity contribution in [3.63, 3.8) is 0 Å². The van der Waals surface area contributed by atoms with Crippen LogP contribution < -0.4 is 20.8 Å². The lowest BCUT2D eigenvalue weighted by Crippen LogP contribution is -2.41. The summed E-state index contributed by atoms with van der Waals surface area (Å²) in [7, 11) is 0. The highest BCUT2D eigenvalue weighted by atomic mass is 35.5. The fraction of sp³-hybridized carbons (Fsp3) is 0.273. The van der Waals surface area contributed by atoms with Gasteiger partial charge in [0.1, 0.15) is 5.75 Å². The van der Waals surface area contributed by atoms with E-state index in [4.69, 9.17) is 16.3 Å². The van der Waals surface area contributed by atoms with E-state index < -0.39 is 11.8 Å². The van der Waals surface area contributed by atoms with Gasteiger partial charge in [0.05, 0.1) is 6.21 Å². The maximum absolute atomic E-state index is 12.2. The summed E-state index contributed by atoms with van der Waals surface area (Å²) < 4.78 is 5.51. The van der Waals surface area contributed by atoms with Crippen LogP contribution in [0, 0.1) is 6.92 Å². The average Bonchev–Trinajstić information content (AvgIpc) is 2.75. The normalized spacial score (nSPS) is 11.6. The van der Waals surface area contributed by atoms with E-state index in [0.717, 1.165) is 5.56 Å². The van der Waals surface area contributed by atoms with E-state index >= 15 is 0 Å². The lowest BCUT2D eigenvalue weighted by Gasteiger charge is -2.10. The summed E-state index contributed by atoms with van der Waals surface area (Å²) in [6, 6.07) is 11.9. The van der Waals surface area contributed by atoms with Crippen LogP contribution in [-0.4, -0.2) is 36.6 Å². The third-order valence-corrected chi connectivity index (χ3v) is 4.76. The Bertz CT molecular complexity index is 978. The predicted molar refractivity (Wildman–Crippen MR) is 120 cm³/mol. The average molecular weight is 445 g/mol. The van der Waals surface area contributed by atoms with Gasteiger partial charge in [-0.1, -0.05) is 36.7 Å². The summed E-state index contributed by atoms with van der Waals surface area (Å²) in [4.78, 5) is 35.5. The first-order valence-corrected chi connectivity index (χ1v) is 10.1. The van der Waals surface area contributed by atoms with E-state index in [0.29, 0.717) is 28.4 Å². The first-order chi connectivity index (χ1) is 14.8. The van der Waals surface area contributed by atoms with Crippen molar-refractivity contribution >= 4 is 41.2 Å². The number of halogens is 1. The summed E-state index contributed by atoms with van der Waals surface area (Å²) in [5.41, 5.74) is 4.18. The molecule has 2 aromatic carbocycles. The lowest BCUT2D eigenvalue weighted by atomic mass is 10.2. The smallest absolute Gasteiger partial charge is 0.329 e. The minimum Gasteiger partial charge on any atom is -0.484 e. The minimum absolute atomic E-state index is 0.101. The molecule has 2 aromatic rings. The third kappa shape index (κ3) is 7.75. The van der Waals surface area contributed by atoms with Crippen LogP contribution in [-0.2, 0) is 14.4 Å². The molecule has 0 bridgehead atoms. The zero-order valence-corrected chi connectivity index (χ0v) is 18.3. The molecule has 8 nitrogen and oxygen atoms in total. The standard InChI is InChI=1S/C22H25ClN4O4/c1-4-14(2)25-21(29)22(30)27-24-12-16-7-5-8-17(11-16)31-13-20(28)26-19-10-6-9-18(23)15(19)3/h5-12,14H,4,13H2,1-3H3,(H,25,29)(H,26,28)(H,27,30)/b24-12-/t14-/m1/s1. The molecular formula is C22H25ClN4O4. The molecule has 0 heterocycles. The number of benzene rings is 2. The number of carbonyl (C=O) groups is 3. The van der Waals surface area contributed by atoms with E-state index in [2.05, 4.69) is 21.2 Å². The van der Waals surface area contributed by atoms with Crippen LogP contribution in [0.5, 0.6) is 5.75 Å². The van der Waals surface area contributed by atoms with Gasteiger partial charge in [-0.2, -0.15) is 5.10 Å². The van der Waals surface area contributed by atoms with Gasteiger partial charge < -0.3 is 15.4 Å². The van der Waals surface area contributed by atoms with Gasteiger partial charge in [-0.15, -0.1) is 0 Å². The molecule has 0 spiro atoms. The molecule has 3 N–H and O–H groups in total. The van der Waals surface area contributed by atoms with E-state index in [9.17, 15) is 14.4 Å². The van der Waals surface area contributed by atoms with Gasteiger partial charge in [0.25, 0.3) is 5.91 Å². The molecular weight excluding hydrogens is 420 g/mol. The van der Waals surface area contributed by atoms with Gasteiger partial charge in [0, 0.05) is 16.8 Å². The van der Waals surface area contributed by atoms with Crippen LogP contribution >= 0.6 is 11.6 Å². The monoisotopic (exact) mass is 444 g/mol. The molecule has 0 unspecified atom stereocenters. The fourth-order valence-corrected chi connectivity index (χ4v) is 2.54.